The van der Waals surface area contributed by atoms with Crippen LogP contribution >= 0.6 is 0 Å². The predicted molar refractivity (Wildman–Crippen MR) is 303 cm³/mol. The summed E-state index contributed by atoms with van der Waals surface area (Å²) in [6, 6.07) is 21.0. The van der Waals surface area contributed by atoms with Crippen LogP contribution in [0.1, 0.15) is 124 Å². The molecular weight excluding hydrogens is 1020 g/mol. The molecule has 3 aromatic carbocycles. The highest BCUT2D eigenvalue weighted by Gasteiger charge is 2.57. The van der Waals surface area contributed by atoms with E-state index in [1.165, 1.54) is 0 Å². The molecule has 8 aliphatic carbocycles. The van der Waals surface area contributed by atoms with Crippen molar-refractivity contribution >= 4 is 67.8 Å². The maximum atomic E-state index is 12.3. The lowest BCUT2D eigenvalue weighted by Gasteiger charge is -2.54. The fourth-order valence-corrected chi connectivity index (χ4v) is 12.0. The summed E-state index contributed by atoms with van der Waals surface area (Å²) in [5, 5.41) is 2.31. The number of hydrogen-bond acceptors (Lipinski definition) is 16. The first-order valence-electron chi connectivity index (χ1n) is 26.9. The van der Waals surface area contributed by atoms with Gasteiger partial charge in [0.15, 0.2) is 46.3 Å². The van der Waals surface area contributed by atoms with Crippen LogP contribution in [0.4, 0.5) is 0 Å². The molecule has 12 rings (SSSR count). The minimum atomic E-state index is -0.596. The van der Waals surface area contributed by atoms with Gasteiger partial charge in [0.05, 0.1) is 46.8 Å². The van der Waals surface area contributed by atoms with E-state index < -0.39 is 11.3 Å². The van der Waals surface area contributed by atoms with Gasteiger partial charge in [-0.15, -0.1) is 0 Å². The lowest BCUT2D eigenvalue weighted by Crippen LogP contribution is -2.57. The van der Waals surface area contributed by atoms with Gasteiger partial charge < -0.3 is 28.1 Å². The molecular formula is C64H76O16. The van der Waals surface area contributed by atoms with Crippen LogP contribution in [0.5, 0.6) is 0 Å². The third-order valence-electron chi connectivity index (χ3n) is 15.9. The van der Waals surface area contributed by atoms with E-state index in [9.17, 15) is 47.9 Å². The molecule has 0 amide bonds. The van der Waals surface area contributed by atoms with Crippen molar-refractivity contribution < 1.29 is 66.5 Å². The highest BCUT2D eigenvalue weighted by Crippen LogP contribution is 2.55. The molecule has 5 atom stereocenters. The monoisotopic (exact) mass is 1100 g/mol. The van der Waals surface area contributed by atoms with Crippen molar-refractivity contribution in [2.45, 2.75) is 115 Å². The van der Waals surface area contributed by atoms with Gasteiger partial charge in [0, 0.05) is 115 Å². The summed E-state index contributed by atoms with van der Waals surface area (Å²) in [5.74, 6) is 0.668. The van der Waals surface area contributed by atoms with Crippen molar-refractivity contribution in [3.05, 3.63) is 139 Å². The molecule has 1 heterocycles. The molecule has 428 valence electrons. The number of ether oxygens (including phenoxy) is 5. The number of allylic oxidation sites excluding steroid dienone is 3. The second kappa shape index (κ2) is 29.1. The average molecular weight is 1100 g/mol. The van der Waals surface area contributed by atoms with Gasteiger partial charge in [-0.05, 0) is 100.0 Å². The number of carbonyl (C=O) groups is 8. The fraction of sp³-hybridized carbons (Fsp3) is 0.469. The highest BCUT2D eigenvalue weighted by atomic mass is 16.5. The Morgan fingerprint density at radius 3 is 1.25 bits per heavy atom. The average Bonchev–Trinajstić information content (AvgIpc) is 4.29. The van der Waals surface area contributed by atoms with Gasteiger partial charge in [-0.1, -0.05) is 73.7 Å². The number of benzene rings is 3. The molecule has 0 bridgehead atoms. The molecule has 1 aromatic heterocycles. The minimum absolute atomic E-state index is 0.000718. The lowest BCUT2D eigenvalue weighted by molar-refractivity contribution is -0.160. The zero-order chi connectivity index (χ0) is 59.1. The number of hydrogen-bond donors (Lipinski definition) is 0. The molecule has 0 aliphatic heterocycles. The summed E-state index contributed by atoms with van der Waals surface area (Å²) in [4.78, 5) is 115. The van der Waals surface area contributed by atoms with Gasteiger partial charge in [0.25, 0.3) is 0 Å². The highest BCUT2D eigenvalue weighted by molar-refractivity contribution is 6.25. The molecule has 3 saturated carbocycles. The Bertz CT molecular complexity index is 3030. The zero-order valence-electron chi connectivity index (χ0n) is 47.9. The number of rotatable bonds is 2. The molecule has 4 aromatic rings. The van der Waals surface area contributed by atoms with E-state index in [1.807, 2.05) is 31.2 Å². The van der Waals surface area contributed by atoms with Gasteiger partial charge in [-0.2, -0.15) is 0 Å². The van der Waals surface area contributed by atoms with E-state index in [0.717, 1.165) is 79.7 Å². The number of Topliss-reactive ketones (excluding diaryl/α,β-unsaturated/α-hetero) is 8. The second-order valence-electron chi connectivity index (χ2n) is 21.3. The Labute approximate surface area is 467 Å². The lowest BCUT2D eigenvalue weighted by atomic mass is 9.51. The van der Waals surface area contributed by atoms with Crippen LogP contribution < -0.4 is 11.3 Å². The SMILES string of the molecule is C=C1C(=O)C2CCCC3C2C(CCC3(C)OC)C1=O.COC.COC.COC.COC1(C)CC2=C(C1)C(=O)CC2=O.O=C1CC(=O)C2=C1CCCC2.O=C1CC(=O)c2ccccc21.O=c1oc(=O)c2ccccc2c2ccccc12. The molecule has 16 heteroatoms. The van der Waals surface area contributed by atoms with E-state index in [4.69, 9.17) is 13.9 Å². The first-order valence-corrected chi connectivity index (χ1v) is 26.9. The van der Waals surface area contributed by atoms with Crippen LogP contribution in [-0.4, -0.2) is 114 Å². The summed E-state index contributed by atoms with van der Waals surface area (Å²) in [6.45, 7) is 7.82. The van der Waals surface area contributed by atoms with Gasteiger partial charge in [-0.3, -0.25) is 38.4 Å². The second-order valence-corrected chi connectivity index (χ2v) is 21.3. The van der Waals surface area contributed by atoms with Crippen LogP contribution in [0, 0.1) is 23.7 Å². The van der Waals surface area contributed by atoms with E-state index in [0.29, 0.717) is 51.8 Å². The summed E-state index contributed by atoms with van der Waals surface area (Å²) in [6.07, 6.45) is 10.2. The summed E-state index contributed by atoms with van der Waals surface area (Å²) >= 11 is 0. The smallest absolute Gasteiger partial charge is 0.346 e. The van der Waals surface area contributed by atoms with Crippen LogP contribution in [0.25, 0.3) is 21.5 Å². The van der Waals surface area contributed by atoms with E-state index in [-0.39, 0.29) is 100 Å². The third kappa shape index (κ3) is 14.6. The number of carbonyl (C=O) groups excluding carboxylic acids is 8. The molecule has 5 unspecified atom stereocenters. The Kier molecular flexibility index (Phi) is 23.3. The molecule has 80 heavy (non-hydrogen) atoms. The van der Waals surface area contributed by atoms with Crippen LogP contribution in [-0.2, 0) is 52.5 Å². The first-order chi connectivity index (χ1) is 38.1. The van der Waals surface area contributed by atoms with Crippen LogP contribution in [0.3, 0.4) is 0 Å². The maximum Gasteiger partial charge on any atom is 0.346 e. The van der Waals surface area contributed by atoms with E-state index in [2.05, 4.69) is 27.7 Å². The molecule has 16 nitrogen and oxygen atoms in total. The van der Waals surface area contributed by atoms with Crippen molar-refractivity contribution in [1.29, 1.82) is 0 Å². The maximum absolute atomic E-state index is 12.3. The molecule has 0 N–H and O–H groups in total. The van der Waals surface area contributed by atoms with Crippen LogP contribution in [0.15, 0.2) is 121 Å². The molecule has 8 aliphatic rings. The number of fused-ring (bicyclic) bond motifs is 4. The third-order valence-corrected chi connectivity index (χ3v) is 15.9. The van der Waals surface area contributed by atoms with Gasteiger partial charge in [0.2, 0.25) is 0 Å². The van der Waals surface area contributed by atoms with Crippen molar-refractivity contribution in [2.75, 3.05) is 56.9 Å². The van der Waals surface area contributed by atoms with Crippen molar-refractivity contribution in [3.8, 4) is 0 Å². The van der Waals surface area contributed by atoms with Crippen molar-refractivity contribution in [2.24, 2.45) is 23.7 Å². The summed E-state index contributed by atoms with van der Waals surface area (Å²) in [7, 11) is 13.1. The molecule has 0 saturated heterocycles. The molecule has 0 spiro atoms. The fourth-order valence-electron chi connectivity index (χ4n) is 12.0. The van der Waals surface area contributed by atoms with Gasteiger partial charge >= 0.3 is 11.3 Å². The normalized spacial score (nSPS) is 23.6. The number of ketones is 8. The van der Waals surface area contributed by atoms with Crippen LogP contribution in [0.2, 0.25) is 0 Å². The quantitative estimate of drug-likeness (QED) is 0.103. The molecule has 3 fully saturated rings. The Morgan fingerprint density at radius 1 is 0.463 bits per heavy atom. The topological polar surface area (TPSA) is 230 Å². The Hall–Kier alpha value is -6.82. The largest absolute Gasteiger partial charge is 0.388 e. The summed E-state index contributed by atoms with van der Waals surface area (Å²) in [5.41, 5.74) is 2.87. The van der Waals surface area contributed by atoms with Crippen molar-refractivity contribution in [3.63, 3.8) is 0 Å². The zero-order valence-corrected chi connectivity index (χ0v) is 47.9. The first kappa shape index (κ1) is 64.0. The predicted octanol–water partition coefficient (Wildman–Crippen LogP) is 9.51. The van der Waals surface area contributed by atoms with Crippen molar-refractivity contribution in [1.82, 2.24) is 0 Å². The number of methoxy groups -OCH3 is 5. The standard InChI is InChI=1S/C16H22O3.C14H8O3.C10H12O3.C9H10O2.C9H6O2.3C2H6O/c1-9-14(17)10-5-4-6-12-13(10)11(15(9)18)7-8-16(12,2)19-3;15-13-11-7-3-1-5-9(11)10-6-2-4-8-12(10)14(16)17-13;1-10(13-2)4-6-7(5-10)9(12)3-8(6)11;2*10-8-5-9(11)7-4-2-1-3-6(7)8;3*1-3-2/h10-13H,1,4-8H2,2-3H3;1-8H;3-5H2,1-2H3;1-5H2;1-4H,5H2;3*1-2H3. The van der Waals surface area contributed by atoms with Gasteiger partial charge in [-0.25, -0.2) is 9.59 Å². The molecule has 0 radical (unpaired) electrons. The van der Waals surface area contributed by atoms with Gasteiger partial charge in [0.1, 0.15) is 0 Å². The summed E-state index contributed by atoms with van der Waals surface area (Å²) < 4.78 is 28.6. The van der Waals surface area contributed by atoms with E-state index >= 15 is 0 Å². The Morgan fingerprint density at radius 2 is 0.838 bits per heavy atom. The minimum Gasteiger partial charge on any atom is -0.388 e. The Balaban J connectivity index is 0.000000179. The van der Waals surface area contributed by atoms with E-state index in [1.54, 1.807) is 105 Å².